The topological polar surface area (TPSA) is 32.3 Å². The molecule has 2 N–H and O–H groups in total. The van der Waals surface area contributed by atoms with Crippen molar-refractivity contribution >= 4 is 0 Å². The van der Waals surface area contributed by atoms with Crippen molar-refractivity contribution in [1.29, 1.82) is 0 Å². The van der Waals surface area contributed by atoms with E-state index in [-0.39, 0.29) is 11.9 Å². The standard InChI is InChI=1S/C15H22FNO/c1-15(18,14-5-3-2-4-10-17-14)11-12-6-8-13(16)9-7-12/h6-9,14,17-18H,2-5,10-11H2,1H3. The van der Waals surface area contributed by atoms with E-state index >= 15 is 0 Å². The molecule has 1 fully saturated rings. The van der Waals surface area contributed by atoms with Crippen LogP contribution in [-0.2, 0) is 6.42 Å². The number of benzene rings is 1. The zero-order chi connectivity index (χ0) is 13.0. The first kappa shape index (κ1) is 13.5. The van der Waals surface area contributed by atoms with Crippen LogP contribution in [0.25, 0.3) is 0 Å². The molecule has 1 aliphatic rings. The lowest BCUT2D eigenvalue weighted by atomic mass is 9.86. The normalized spacial score (nSPS) is 24.3. The van der Waals surface area contributed by atoms with Gasteiger partial charge in [-0.1, -0.05) is 25.0 Å². The Balaban J connectivity index is 2.02. The van der Waals surface area contributed by atoms with Gasteiger partial charge in [-0.2, -0.15) is 0 Å². The second-order valence-electron chi connectivity index (χ2n) is 5.52. The van der Waals surface area contributed by atoms with Crippen molar-refractivity contribution in [1.82, 2.24) is 5.32 Å². The molecule has 3 heteroatoms. The van der Waals surface area contributed by atoms with E-state index in [1.54, 1.807) is 12.1 Å². The Hall–Kier alpha value is -0.930. The molecule has 100 valence electrons. The minimum Gasteiger partial charge on any atom is -0.388 e. The summed E-state index contributed by atoms with van der Waals surface area (Å²) >= 11 is 0. The lowest BCUT2D eigenvalue weighted by Crippen LogP contribution is -2.49. The first-order chi connectivity index (χ1) is 8.58. The average Bonchev–Trinajstić information content (AvgIpc) is 2.61. The largest absolute Gasteiger partial charge is 0.388 e. The Morgan fingerprint density at radius 3 is 2.72 bits per heavy atom. The lowest BCUT2D eigenvalue weighted by molar-refractivity contribution is 0.0181. The summed E-state index contributed by atoms with van der Waals surface area (Å²) in [4.78, 5) is 0. The summed E-state index contributed by atoms with van der Waals surface area (Å²) in [5.74, 6) is -0.231. The van der Waals surface area contributed by atoms with Crippen molar-refractivity contribution in [2.75, 3.05) is 6.54 Å². The molecule has 1 aliphatic heterocycles. The summed E-state index contributed by atoms with van der Waals surface area (Å²) in [7, 11) is 0. The lowest BCUT2D eigenvalue weighted by Gasteiger charge is -2.33. The predicted molar refractivity (Wildman–Crippen MR) is 71.0 cm³/mol. The molecule has 2 rings (SSSR count). The van der Waals surface area contributed by atoms with E-state index in [0.717, 1.165) is 24.9 Å². The number of hydrogen-bond donors (Lipinski definition) is 2. The molecule has 1 saturated heterocycles. The van der Waals surface area contributed by atoms with Crippen LogP contribution in [0.1, 0.15) is 38.2 Å². The summed E-state index contributed by atoms with van der Waals surface area (Å²) < 4.78 is 12.9. The smallest absolute Gasteiger partial charge is 0.123 e. The van der Waals surface area contributed by atoms with E-state index < -0.39 is 5.60 Å². The number of rotatable bonds is 3. The van der Waals surface area contributed by atoms with Crippen molar-refractivity contribution < 1.29 is 9.50 Å². The van der Waals surface area contributed by atoms with Crippen LogP contribution in [0.4, 0.5) is 4.39 Å². The van der Waals surface area contributed by atoms with Crippen LogP contribution in [0.15, 0.2) is 24.3 Å². The molecule has 1 aromatic rings. The van der Waals surface area contributed by atoms with Crippen molar-refractivity contribution in [2.45, 2.75) is 50.7 Å². The molecule has 0 bridgehead atoms. The van der Waals surface area contributed by atoms with Gasteiger partial charge in [0.2, 0.25) is 0 Å². The van der Waals surface area contributed by atoms with Gasteiger partial charge in [0.1, 0.15) is 5.82 Å². The summed E-state index contributed by atoms with van der Waals surface area (Å²) in [6.07, 6.45) is 5.15. The van der Waals surface area contributed by atoms with Gasteiger partial charge in [0.25, 0.3) is 0 Å². The maximum absolute atomic E-state index is 12.9. The van der Waals surface area contributed by atoms with Crippen molar-refractivity contribution in [2.24, 2.45) is 0 Å². The third kappa shape index (κ3) is 3.53. The number of aliphatic hydroxyl groups is 1. The molecule has 0 radical (unpaired) electrons. The molecule has 2 atom stereocenters. The van der Waals surface area contributed by atoms with Crippen LogP contribution in [-0.4, -0.2) is 23.3 Å². The zero-order valence-electron chi connectivity index (χ0n) is 11.0. The first-order valence-electron chi connectivity index (χ1n) is 6.78. The van der Waals surface area contributed by atoms with E-state index in [4.69, 9.17) is 0 Å². The van der Waals surface area contributed by atoms with Gasteiger partial charge in [-0.25, -0.2) is 4.39 Å². The molecular weight excluding hydrogens is 229 g/mol. The van der Waals surface area contributed by atoms with Gasteiger partial charge < -0.3 is 10.4 Å². The maximum Gasteiger partial charge on any atom is 0.123 e. The third-order valence-corrected chi connectivity index (χ3v) is 3.79. The van der Waals surface area contributed by atoms with Crippen LogP contribution >= 0.6 is 0 Å². The van der Waals surface area contributed by atoms with Crippen LogP contribution < -0.4 is 5.32 Å². The zero-order valence-corrected chi connectivity index (χ0v) is 11.0. The van der Waals surface area contributed by atoms with Gasteiger partial charge in [-0.05, 0) is 44.0 Å². The Labute approximate surface area is 108 Å². The Kier molecular flexibility index (Phi) is 4.36. The number of nitrogens with one attached hydrogen (secondary N) is 1. The van der Waals surface area contributed by atoms with E-state index in [2.05, 4.69) is 5.32 Å². The third-order valence-electron chi connectivity index (χ3n) is 3.79. The molecule has 0 spiro atoms. The Morgan fingerprint density at radius 2 is 2.00 bits per heavy atom. The van der Waals surface area contributed by atoms with Crippen LogP contribution in [0.3, 0.4) is 0 Å². The van der Waals surface area contributed by atoms with Gasteiger partial charge in [-0.3, -0.25) is 0 Å². The van der Waals surface area contributed by atoms with Crippen molar-refractivity contribution in [3.05, 3.63) is 35.6 Å². The molecule has 18 heavy (non-hydrogen) atoms. The van der Waals surface area contributed by atoms with E-state index in [9.17, 15) is 9.50 Å². The fourth-order valence-electron chi connectivity index (χ4n) is 2.70. The SMILES string of the molecule is CC(O)(Cc1ccc(F)cc1)C1CCCCCN1. The van der Waals surface area contributed by atoms with E-state index in [1.165, 1.54) is 25.0 Å². The predicted octanol–water partition coefficient (Wildman–Crippen LogP) is 2.65. The molecule has 0 saturated carbocycles. The number of halogens is 1. The molecule has 1 heterocycles. The maximum atomic E-state index is 12.9. The first-order valence-corrected chi connectivity index (χ1v) is 6.78. The Morgan fingerprint density at radius 1 is 1.28 bits per heavy atom. The molecule has 2 nitrogen and oxygen atoms in total. The van der Waals surface area contributed by atoms with Crippen molar-refractivity contribution in [3.8, 4) is 0 Å². The van der Waals surface area contributed by atoms with Crippen molar-refractivity contribution in [3.63, 3.8) is 0 Å². The molecule has 0 aromatic heterocycles. The minimum atomic E-state index is -0.776. The monoisotopic (exact) mass is 251 g/mol. The Bertz CT molecular complexity index is 367. The molecule has 2 unspecified atom stereocenters. The summed E-state index contributed by atoms with van der Waals surface area (Å²) in [6.45, 7) is 2.85. The number of hydrogen-bond acceptors (Lipinski definition) is 2. The minimum absolute atomic E-state index is 0.130. The molecular formula is C15H22FNO. The summed E-state index contributed by atoms with van der Waals surface area (Å²) in [5, 5.41) is 14.1. The second kappa shape index (κ2) is 5.81. The second-order valence-corrected chi connectivity index (χ2v) is 5.52. The van der Waals surface area contributed by atoms with Gasteiger partial charge in [-0.15, -0.1) is 0 Å². The fraction of sp³-hybridized carbons (Fsp3) is 0.600. The van der Waals surface area contributed by atoms with E-state index in [0.29, 0.717) is 6.42 Å². The van der Waals surface area contributed by atoms with Gasteiger partial charge in [0.15, 0.2) is 0 Å². The fourth-order valence-corrected chi connectivity index (χ4v) is 2.70. The highest BCUT2D eigenvalue weighted by atomic mass is 19.1. The van der Waals surface area contributed by atoms with Gasteiger partial charge >= 0.3 is 0 Å². The molecule has 1 aromatic carbocycles. The highest BCUT2D eigenvalue weighted by molar-refractivity contribution is 5.18. The highest BCUT2D eigenvalue weighted by Gasteiger charge is 2.32. The summed E-state index contributed by atoms with van der Waals surface area (Å²) in [6, 6.07) is 6.53. The average molecular weight is 251 g/mol. The molecule has 0 aliphatic carbocycles. The highest BCUT2D eigenvalue weighted by Crippen LogP contribution is 2.23. The quantitative estimate of drug-likeness (QED) is 0.865. The van der Waals surface area contributed by atoms with Crippen LogP contribution in [0.5, 0.6) is 0 Å². The van der Waals surface area contributed by atoms with E-state index in [1.807, 2.05) is 6.92 Å². The van der Waals surface area contributed by atoms with Crippen LogP contribution in [0, 0.1) is 5.82 Å². The van der Waals surface area contributed by atoms with Crippen LogP contribution in [0.2, 0.25) is 0 Å². The molecule has 0 amide bonds. The summed E-state index contributed by atoms with van der Waals surface area (Å²) in [5.41, 5.74) is 0.203. The van der Waals surface area contributed by atoms with Gasteiger partial charge in [0.05, 0.1) is 5.60 Å². The van der Waals surface area contributed by atoms with Gasteiger partial charge in [0, 0.05) is 12.5 Å².